The Bertz CT molecular complexity index is 659. The summed E-state index contributed by atoms with van der Waals surface area (Å²) in [6, 6.07) is 7.37. The Balaban J connectivity index is 2.04. The lowest BCUT2D eigenvalue weighted by Gasteiger charge is -2.19. The first-order valence-corrected chi connectivity index (χ1v) is 10.7. The van der Waals surface area contributed by atoms with Crippen molar-refractivity contribution in [3.63, 3.8) is 0 Å². The van der Waals surface area contributed by atoms with Gasteiger partial charge >= 0.3 is 5.97 Å². The quantitative estimate of drug-likeness (QED) is 0.272. The smallest absolute Gasteiger partial charge is 0.306 e. The van der Waals surface area contributed by atoms with Gasteiger partial charge in [-0.1, -0.05) is 51.2 Å². The number of hydrogen-bond donors (Lipinski definition) is 0. The Morgan fingerprint density at radius 2 is 1.68 bits per heavy atom. The van der Waals surface area contributed by atoms with Crippen molar-refractivity contribution in [2.24, 2.45) is 17.8 Å². The average molecular weight is 389 g/mol. The molecule has 0 spiro atoms. The maximum Gasteiger partial charge on any atom is 0.306 e. The van der Waals surface area contributed by atoms with Crippen LogP contribution < -0.4 is 4.74 Å². The van der Waals surface area contributed by atoms with Crippen LogP contribution in [-0.2, 0) is 9.53 Å². The summed E-state index contributed by atoms with van der Waals surface area (Å²) in [6.07, 6.45) is 7.36. The predicted octanol–water partition coefficient (Wildman–Crippen LogP) is 5.83. The van der Waals surface area contributed by atoms with Crippen LogP contribution in [-0.4, -0.2) is 24.5 Å². The summed E-state index contributed by atoms with van der Waals surface area (Å²) in [5.74, 6) is 0.755. The second kappa shape index (κ2) is 10.1. The lowest BCUT2D eigenvalue weighted by molar-refractivity contribution is -0.155. The van der Waals surface area contributed by atoms with Gasteiger partial charge in [-0.15, -0.1) is 0 Å². The molecule has 1 aromatic rings. The fourth-order valence-corrected chi connectivity index (χ4v) is 4.09. The van der Waals surface area contributed by atoms with E-state index in [0.717, 1.165) is 12.8 Å². The number of ketones is 1. The molecule has 1 aromatic carbocycles. The molecule has 2 rings (SSSR count). The average Bonchev–Trinajstić information content (AvgIpc) is 3.31. The third-order valence-corrected chi connectivity index (χ3v) is 5.47. The zero-order chi connectivity index (χ0) is 20.7. The summed E-state index contributed by atoms with van der Waals surface area (Å²) in [4.78, 5) is 25.5. The number of benzene rings is 1. The van der Waals surface area contributed by atoms with Crippen molar-refractivity contribution in [3.05, 3.63) is 29.8 Å². The second-order valence-corrected chi connectivity index (χ2v) is 8.91. The fourth-order valence-electron chi connectivity index (χ4n) is 4.09. The standard InChI is InChI=1S/C24H36O4/c1-6-7-8-9-10-13-17-19(16-21(25)28-24(2,3)4)22(17)23(26)18-14-11-12-15-20(18)27-5/h11-12,14-15,17,19,22H,6-10,13,16H2,1-5H3/t17-,19+,22+/m1/s1. The number of esters is 1. The van der Waals surface area contributed by atoms with Gasteiger partial charge in [-0.3, -0.25) is 9.59 Å². The molecule has 156 valence electrons. The highest BCUT2D eigenvalue weighted by atomic mass is 16.6. The molecule has 1 aliphatic rings. The summed E-state index contributed by atoms with van der Waals surface area (Å²) in [7, 11) is 1.59. The Labute approximate surface area is 170 Å². The largest absolute Gasteiger partial charge is 0.496 e. The SMILES string of the molecule is CCCCCCC[C@@H]1[C@H](CC(=O)OC(C)(C)C)[C@H]1C(=O)c1ccccc1OC. The van der Waals surface area contributed by atoms with Gasteiger partial charge in [0.25, 0.3) is 0 Å². The van der Waals surface area contributed by atoms with Gasteiger partial charge < -0.3 is 9.47 Å². The monoisotopic (exact) mass is 388 g/mol. The van der Waals surface area contributed by atoms with Gasteiger partial charge in [-0.2, -0.15) is 0 Å². The lowest BCUT2D eigenvalue weighted by atomic mass is 10.0. The van der Waals surface area contributed by atoms with Crippen LogP contribution in [0.15, 0.2) is 24.3 Å². The zero-order valence-electron chi connectivity index (χ0n) is 18.1. The fraction of sp³-hybridized carbons (Fsp3) is 0.667. The number of ether oxygens (including phenoxy) is 2. The topological polar surface area (TPSA) is 52.6 Å². The summed E-state index contributed by atoms with van der Waals surface area (Å²) < 4.78 is 10.9. The Morgan fingerprint density at radius 1 is 1.00 bits per heavy atom. The van der Waals surface area contributed by atoms with E-state index in [2.05, 4.69) is 6.92 Å². The number of Topliss-reactive ketones (excluding diaryl/α,β-unsaturated/α-hetero) is 1. The molecule has 28 heavy (non-hydrogen) atoms. The molecule has 4 heteroatoms. The molecule has 1 saturated carbocycles. The third-order valence-electron chi connectivity index (χ3n) is 5.47. The molecule has 0 radical (unpaired) electrons. The highest BCUT2D eigenvalue weighted by Crippen LogP contribution is 2.54. The molecular formula is C24H36O4. The first-order valence-electron chi connectivity index (χ1n) is 10.7. The molecule has 0 unspecified atom stereocenters. The van der Waals surface area contributed by atoms with Crippen molar-refractivity contribution in [1.82, 2.24) is 0 Å². The highest BCUT2D eigenvalue weighted by molar-refractivity contribution is 6.02. The van der Waals surface area contributed by atoms with Crippen LogP contribution in [0.4, 0.5) is 0 Å². The number of carbonyl (C=O) groups excluding carboxylic acids is 2. The van der Waals surface area contributed by atoms with Crippen molar-refractivity contribution in [2.75, 3.05) is 7.11 Å². The van der Waals surface area contributed by atoms with Crippen LogP contribution in [0.5, 0.6) is 5.75 Å². The van der Waals surface area contributed by atoms with Crippen LogP contribution in [0.25, 0.3) is 0 Å². The molecule has 0 amide bonds. The molecule has 0 bridgehead atoms. The number of methoxy groups -OCH3 is 1. The first-order chi connectivity index (χ1) is 13.3. The van der Waals surface area contributed by atoms with Gasteiger partial charge in [0.15, 0.2) is 5.78 Å². The molecule has 0 aromatic heterocycles. The Hall–Kier alpha value is -1.84. The minimum Gasteiger partial charge on any atom is -0.496 e. The van der Waals surface area contributed by atoms with Gasteiger partial charge in [-0.05, 0) is 51.2 Å². The van der Waals surface area contributed by atoms with Crippen LogP contribution >= 0.6 is 0 Å². The number of carbonyl (C=O) groups is 2. The molecule has 0 heterocycles. The molecule has 0 N–H and O–H groups in total. The van der Waals surface area contributed by atoms with Crippen LogP contribution in [0.1, 0.15) is 83.0 Å². The summed E-state index contributed by atoms with van der Waals surface area (Å²) >= 11 is 0. The number of hydrogen-bond acceptors (Lipinski definition) is 4. The van der Waals surface area contributed by atoms with Crippen molar-refractivity contribution in [2.45, 2.75) is 78.2 Å². The maximum atomic E-state index is 13.2. The molecule has 1 aliphatic carbocycles. The van der Waals surface area contributed by atoms with E-state index in [9.17, 15) is 9.59 Å². The molecular weight excluding hydrogens is 352 g/mol. The molecule has 4 nitrogen and oxygen atoms in total. The molecule has 1 fully saturated rings. The van der Waals surface area contributed by atoms with Crippen LogP contribution in [0.2, 0.25) is 0 Å². The van der Waals surface area contributed by atoms with E-state index < -0.39 is 5.60 Å². The van der Waals surface area contributed by atoms with E-state index >= 15 is 0 Å². The molecule has 3 atom stereocenters. The summed E-state index contributed by atoms with van der Waals surface area (Å²) in [5, 5.41) is 0. The highest BCUT2D eigenvalue weighted by Gasteiger charge is 2.55. The number of rotatable bonds is 11. The zero-order valence-corrected chi connectivity index (χ0v) is 18.1. The summed E-state index contributed by atoms with van der Waals surface area (Å²) in [6.45, 7) is 7.83. The second-order valence-electron chi connectivity index (χ2n) is 8.91. The lowest BCUT2D eigenvalue weighted by Crippen LogP contribution is -2.24. The first kappa shape index (κ1) is 22.4. The van der Waals surface area contributed by atoms with Crippen molar-refractivity contribution in [3.8, 4) is 5.75 Å². The normalized spacial score (nSPS) is 21.2. The third kappa shape index (κ3) is 6.35. The number of para-hydroxylation sites is 1. The van der Waals surface area contributed by atoms with Gasteiger partial charge in [0.05, 0.1) is 12.7 Å². The van der Waals surface area contributed by atoms with Crippen molar-refractivity contribution in [1.29, 1.82) is 0 Å². The Kier molecular flexibility index (Phi) is 8.09. The van der Waals surface area contributed by atoms with E-state index in [-0.39, 0.29) is 29.5 Å². The van der Waals surface area contributed by atoms with Crippen molar-refractivity contribution >= 4 is 11.8 Å². The minimum absolute atomic E-state index is 0.0819. The van der Waals surface area contributed by atoms with E-state index in [1.54, 1.807) is 7.11 Å². The van der Waals surface area contributed by atoms with E-state index in [0.29, 0.717) is 17.7 Å². The van der Waals surface area contributed by atoms with E-state index in [1.807, 2.05) is 45.0 Å². The van der Waals surface area contributed by atoms with Gasteiger partial charge in [0, 0.05) is 12.3 Å². The molecule has 0 aliphatic heterocycles. The van der Waals surface area contributed by atoms with Crippen LogP contribution in [0, 0.1) is 17.8 Å². The van der Waals surface area contributed by atoms with E-state index in [4.69, 9.17) is 9.47 Å². The Morgan fingerprint density at radius 3 is 2.32 bits per heavy atom. The molecule has 0 saturated heterocycles. The van der Waals surface area contributed by atoms with Crippen LogP contribution in [0.3, 0.4) is 0 Å². The van der Waals surface area contributed by atoms with Gasteiger partial charge in [-0.25, -0.2) is 0 Å². The number of unbranched alkanes of at least 4 members (excludes halogenated alkanes) is 4. The predicted molar refractivity (Wildman–Crippen MR) is 112 cm³/mol. The minimum atomic E-state index is -0.496. The van der Waals surface area contributed by atoms with Gasteiger partial charge in [0.2, 0.25) is 0 Å². The maximum absolute atomic E-state index is 13.2. The van der Waals surface area contributed by atoms with Crippen molar-refractivity contribution < 1.29 is 19.1 Å². The summed E-state index contributed by atoms with van der Waals surface area (Å²) in [5.41, 5.74) is 0.127. The van der Waals surface area contributed by atoms with E-state index in [1.165, 1.54) is 25.7 Å². The van der Waals surface area contributed by atoms with Gasteiger partial charge in [0.1, 0.15) is 11.4 Å².